The van der Waals surface area contributed by atoms with Gasteiger partial charge in [0.25, 0.3) is 0 Å². The van der Waals surface area contributed by atoms with Crippen LogP contribution in [0.4, 0.5) is 0 Å². The molecule has 1 unspecified atom stereocenters. The number of hydrogen-bond acceptors (Lipinski definition) is 4. The topological polar surface area (TPSA) is 76.4 Å². The quantitative estimate of drug-likeness (QED) is 0.758. The molecule has 1 aromatic rings. The summed E-state index contributed by atoms with van der Waals surface area (Å²) in [4.78, 5) is 13.6. The van der Waals surface area contributed by atoms with Gasteiger partial charge in [-0.15, -0.1) is 0 Å². The van der Waals surface area contributed by atoms with Gasteiger partial charge < -0.3 is 10.4 Å². The van der Waals surface area contributed by atoms with Crippen LogP contribution in [0.1, 0.15) is 17.2 Å². The molecule has 5 heteroatoms. The number of nitrogens with zero attached hydrogens (tertiary/aromatic N) is 2. The van der Waals surface area contributed by atoms with Crippen LogP contribution in [0.25, 0.3) is 0 Å². The summed E-state index contributed by atoms with van der Waals surface area (Å²) < 4.78 is 0. The van der Waals surface area contributed by atoms with E-state index in [-0.39, 0.29) is 31.6 Å². The highest BCUT2D eigenvalue weighted by molar-refractivity contribution is 5.78. The minimum absolute atomic E-state index is 0.0114. The molecule has 0 saturated carbocycles. The lowest BCUT2D eigenvalue weighted by Gasteiger charge is -2.35. The van der Waals surface area contributed by atoms with Crippen LogP contribution in [0.2, 0.25) is 0 Å². The maximum atomic E-state index is 11.7. The summed E-state index contributed by atoms with van der Waals surface area (Å²) in [6.07, 6.45) is 0.873. The lowest BCUT2D eigenvalue weighted by Crippen LogP contribution is -2.43. The molecular weight excluding hydrogens is 242 g/mol. The second-order valence-corrected chi connectivity index (χ2v) is 4.55. The lowest BCUT2D eigenvalue weighted by molar-refractivity contribution is -0.122. The number of fused-ring (bicyclic) bond motifs is 1. The van der Waals surface area contributed by atoms with Crippen LogP contribution in [-0.2, 0) is 11.2 Å². The average Bonchev–Trinajstić information content (AvgIpc) is 2.45. The number of amides is 1. The van der Waals surface area contributed by atoms with Crippen LogP contribution in [-0.4, -0.2) is 42.2 Å². The highest BCUT2D eigenvalue weighted by Gasteiger charge is 2.27. The van der Waals surface area contributed by atoms with Crippen molar-refractivity contribution in [2.24, 2.45) is 0 Å². The molecule has 0 radical (unpaired) electrons. The van der Waals surface area contributed by atoms with Gasteiger partial charge in [0.15, 0.2) is 0 Å². The van der Waals surface area contributed by atoms with Gasteiger partial charge >= 0.3 is 0 Å². The molecule has 1 aromatic carbocycles. The van der Waals surface area contributed by atoms with Gasteiger partial charge in [-0.2, -0.15) is 5.26 Å². The van der Waals surface area contributed by atoms with Crippen molar-refractivity contribution in [2.75, 3.05) is 26.2 Å². The number of rotatable bonds is 4. The fourth-order valence-electron chi connectivity index (χ4n) is 2.49. The second kappa shape index (κ2) is 6.32. The van der Waals surface area contributed by atoms with Crippen molar-refractivity contribution >= 4 is 5.91 Å². The number of aliphatic hydroxyl groups excluding tert-OH is 1. The Bertz CT molecular complexity index is 496. The van der Waals surface area contributed by atoms with Gasteiger partial charge in [0, 0.05) is 6.54 Å². The number of aliphatic hydroxyl groups is 1. The molecule has 100 valence electrons. The van der Waals surface area contributed by atoms with Crippen LogP contribution in [0, 0.1) is 11.3 Å². The van der Waals surface area contributed by atoms with Crippen molar-refractivity contribution in [2.45, 2.75) is 12.5 Å². The molecule has 1 aliphatic heterocycles. The van der Waals surface area contributed by atoms with Gasteiger partial charge in [-0.3, -0.25) is 9.69 Å². The van der Waals surface area contributed by atoms with Crippen molar-refractivity contribution in [1.29, 1.82) is 5.26 Å². The van der Waals surface area contributed by atoms with E-state index in [1.807, 2.05) is 29.2 Å². The molecule has 0 spiro atoms. The maximum Gasteiger partial charge on any atom is 0.235 e. The highest BCUT2D eigenvalue weighted by Crippen LogP contribution is 2.28. The van der Waals surface area contributed by atoms with Crippen molar-refractivity contribution < 1.29 is 9.90 Å². The van der Waals surface area contributed by atoms with E-state index in [4.69, 9.17) is 5.26 Å². The minimum atomic E-state index is -0.181. The van der Waals surface area contributed by atoms with Gasteiger partial charge in [-0.05, 0) is 17.5 Å². The molecule has 1 amide bonds. The van der Waals surface area contributed by atoms with Gasteiger partial charge in [-0.25, -0.2) is 0 Å². The molecule has 1 aliphatic rings. The molecule has 2 rings (SSSR count). The highest BCUT2D eigenvalue weighted by atomic mass is 16.3. The van der Waals surface area contributed by atoms with E-state index in [9.17, 15) is 9.90 Å². The average molecular weight is 259 g/mol. The molecule has 1 atom stereocenters. The second-order valence-electron chi connectivity index (χ2n) is 4.55. The Hall–Kier alpha value is -1.90. The van der Waals surface area contributed by atoms with E-state index >= 15 is 0 Å². The summed E-state index contributed by atoms with van der Waals surface area (Å²) in [5.74, 6) is -0.181. The van der Waals surface area contributed by atoms with Crippen molar-refractivity contribution in [3.63, 3.8) is 0 Å². The third-order valence-electron chi connectivity index (χ3n) is 3.41. The molecule has 0 fully saturated rings. The molecule has 2 N–H and O–H groups in total. The summed E-state index contributed by atoms with van der Waals surface area (Å²) in [5.41, 5.74) is 2.32. The standard InChI is InChI=1S/C14H17N3O2/c15-6-7-16-14(19)9-17-8-5-11-3-1-2-4-12(11)13(17)10-18/h1-4,13,18H,5,7-10H2,(H,16,19). The Morgan fingerprint density at radius 3 is 3.05 bits per heavy atom. The Morgan fingerprint density at radius 2 is 2.32 bits per heavy atom. The number of carbonyl (C=O) groups excluding carboxylic acids is 1. The molecule has 19 heavy (non-hydrogen) atoms. The fourth-order valence-corrected chi connectivity index (χ4v) is 2.49. The van der Waals surface area contributed by atoms with E-state index in [0.717, 1.165) is 18.5 Å². The third kappa shape index (κ3) is 3.11. The van der Waals surface area contributed by atoms with E-state index in [1.54, 1.807) is 0 Å². The fraction of sp³-hybridized carbons (Fsp3) is 0.429. The molecule has 0 bridgehead atoms. The molecule has 1 heterocycles. The molecule has 0 aliphatic carbocycles. The first-order valence-electron chi connectivity index (χ1n) is 6.32. The predicted octanol–water partition coefficient (Wildman–Crippen LogP) is 0.218. The summed E-state index contributed by atoms with van der Waals surface area (Å²) in [7, 11) is 0. The normalized spacial score (nSPS) is 18.4. The zero-order chi connectivity index (χ0) is 13.7. The van der Waals surface area contributed by atoms with E-state index in [0.29, 0.717) is 0 Å². The zero-order valence-corrected chi connectivity index (χ0v) is 10.7. The number of benzene rings is 1. The summed E-state index contributed by atoms with van der Waals surface area (Å²) in [6.45, 7) is 0.957. The maximum absolute atomic E-state index is 11.7. The van der Waals surface area contributed by atoms with Gasteiger partial charge in [0.05, 0.1) is 25.3 Å². The third-order valence-corrected chi connectivity index (χ3v) is 3.41. The molecule has 0 saturated heterocycles. The number of nitrogens with one attached hydrogen (secondary N) is 1. The lowest BCUT2D eigenvalue weighted by atomic mass is 9.93. The smallest absolute Gasteiger partial charge is 0.235 e. The first-order chi connectivity index (χ1) is 9.26. The van der Waals surface area contributed by atoms with Crippen LogP contribution >= 0.6 is 0 Å². The van der Waals surface area contributed by atoms with Crippen LogP contribution < -0.4 is 5.32 Å². The van der Waals surface area contributed by atoms with Crippen LogP contribution in [0.5, 0.6) is 0 Å². The van der Waals surface area contributed by atoms with E-state index < -0.39 is 0 Å². The largest absolute Gasteiger partial charge is 0.394 e. The Morgan fingerprint density at radius 1 is 1.53 bits per heavy atom. The van der Waals surface area contributed by atoms with E-state index in [1.165, 1.54) is 5.56 Å². The van der Waals surface area contributed by atoms with Crippen molar-refractivity contribution in [3.05, 3.63) is 35.4 Å². The van der Waals surface area contributed by atoms with Crippen LogP contribution in [0.15, 0.2) is 24.3 Å². The van der Waals surface area contributed by atoms with Gasteiger partial charge in [0.2, 0.25) is 5.91 Å². The Kier molecular flexibility index (Phi) is 4.50. The zero-order valence-electron chi connectivity index (χ0n) is 10.7. The monoisotopic (exact) mass is 259 g/mol. The minimum Gasteiger partial charge on any atom is -0.394 e. The SMILES string of the molecule is N#CCNC(=O)CN1CCc2ccccc2C1CO. The summed E-state index contributed by atoms with van der Waals surface area (Å²) >= 11 is 0. The first kappa shape index (κ1) is 13.5. The summed E-state index contributed by atoms with van der Waals surface area (Å²) in [6, 6.07) is 9.73. The Balaban J connectivity index is 2.07. The van der Waals surface area contributed by atoms with Gasteiger partial charge in [0.1, 0.15) is 6.54 Å². The number of hydrogen-bond donors (Lipinski definition) is 2. The van der Waals surface area contributed by atoms with Crippen LogP contribution in [0.3, 0.4) is 0 Å². The number of nitriles is 1. The van der Waals surface area contributed by atoms with Crippen molar-refractivity contribution in [3.8, 4) is 6.07 Å². The number of carbonyl (C=O) groups is 1. The van der Waals surface area contributed by atoms with Crippen molar-refractivity contribution in [1.82, 2.24) is 10.2 Å². The van der Waals surface area contributed by atoms with E-state index in [2.05, 4.69) is 11.4 Å². The molecule has 0 aromatic heterocycles. The summed E-state index contributed by atoms with van der Waals surface area (Å²) in [5, 5.41) is 20.5. The molecule has 5 nitrogen and oxygen atoms in total. The van der Waals surface area contributed by atoms with Gasteiger partial charge in [-0.1, -0.05) is 24.3 Å². The molecular formula is C14H17N3O2. The predicted molar refractivity (Wildman–Crippen MR) is 70.2 cm³/mol. The first-order valence-corrected chi connectivity index (χ1v) is 6.32. The Labute approximate surface area is 112 Å².